The molecular formula is C9H11NO2. The second-order valence-corrected chi connectivity index (χ2v) is 2.82. The molecule has 64 valence electrons. The molecule has 0 saturated heterocycles. The molecular weight excluding hydrogens is 154 g/mol. The van der Waals surface area contributed by atoms with Gasteiger partial charge in [0.2, 0.25) is 0 Å². The molecule has 1 heterocycles. The lowest BCUT2D eigenvalue weighted by Crippen LogP contribution is -2.17. The number of amides is 1. The molecule has 1 aliphatic rings. The number of hydrogen-bond acceptors (Lipinski definition) is 1. The van der Waals surface area contributed by atoms with Crippen LogP contribution in [-0.2, 0) is 6.54 Å². The summed E-state index contributed by atoms with van der Waals surface area (Å²) in [5.74, 6) is 0.139. The molecule has 2 N–H and O–H groups in total. The quantitative estimate of drug-likeness (QED) is 0.550. The Morgan fingerprint density at radius 1 is 1.33 bits per heavy atom. The largest absolute Gasteiger partial charge is 0.412 e. The Kier molecular flexibility index (Phi) is 2.15. The highest BCUT2D eigenvalue weighted by atomic mass is 16.2. The predicted octanol–water partition coefficient (Wildman–Crippen LogP) is 0.448. The van der Waals surface area contributed by atoms with Crippen molar-refractivity contribution in [1.29, 1.82) is 0 Å². The molecule has 1 amide bonds. The SMILES string of the molecule is CN1Cc2ccccc2C1=O.O. The van der Waals surface area contributed by atoms with Crippen molar-refractivity contribution in [3.05, 3.63) is 35.4 Å². The third kappa shape index (κ3) is 1.08. The van der Waals surface area contributed by atoms with Gasteiger partial charge in [-0.2, -0.15) is 0 Å². The Labute approximate surface area is 70.9 Å². The van der Waals surface area contributed by atoms with Crippen LogP contribution >= 0.6 is 0 Å². The summed E-state index contributed by atoms with van der Waals surface area (Å²) in [4.78, 5) is 13.0. The van der Waals surface area contributed by atoms with Gasteiger partial charge in [0.05, 0.1) is 0 Å². The number of benzene rings is 1. The van der Waals surface area contributed by atoms with Crippen molar-refractivity contribution in [2.75, 3.05) is 7.05 Å². The zero-order valence-corrected chi connectivity index (χ0v) is 6.87. The van der Waals surface area contributed by atoms with Crippen molar-refractivity contribution < 1.29 is 10.3 Å². The van der Waals surface area contributed by atoms with Gasteiger partial charge in [0.1, 0.15) is 0 Å². The first-order chi connectivity index (χ1) is 5.29. The van der Waals surface area contributed by atoms with Gasteiger partial charge in [0.15, 0.2) is 0 Å². The zero-order chi connectivity index (χ0) is 7.84. The van der Waals surface area contributed by atoms with Gasteiger partial charge in [-0.1, -0.05) is 18.2 Å². The van der Waals surface area contributed by atoms with E-state index in [2.05, 4.69) is 0 Å². The van der Waals surface area contributed by atoms with Gasteiger partial charge in [-0.25, -0.2) is 0 Å². The second-order valence-electron chi connectivity index (χ2n) is 2.82. The van der Waals surface area contributed by atoms with Crippen molar-refractivity contribution in [3.63, 3.8) is 0 Å². The number of nitrogens with zero attached hydrogens (tertiary/aromatic N) is 1. The lowest BCUT2D eigenvalue weighted by Gasteiger charge is -2.04. The van der Waals surface area contributed by atoms with E-state index in [-0.39, 0.29) is 11.4 Å². The molecule has 1 aromatic rings. The van der Waals surface area contributed by atoms with E-state index in [0.29, 0.717) is 0 Å². The van der Waals surface area contributed by atoms with Crippen molar-refractivity contribution >= 4 is 5.91 Å². The van der Waals surface area contributed by atoms with Crippen LogP contribution in [0.5, 0.6) is 0 Å². The first-order valence-electron chi connectivity index (χ1n) is 3.62. The van der Waals surface area contributed by atoms with Crippen LogP contribution in [0, 0.1) is 0 Å². The van der Waals surface area contributed by atoms with Crippen molar-refractivity contribution in [2.24, 2.45) is 0 Å². The Morgan fingerprint density at radius 3 is 2.67 bits per heavy atom. The van der Waals surface area contributed by atoms with E-state index in [1.54, 1.807) is 4.90 Å². The van der Waals surface area contributed by atoms with E-state index in [9.17, 15) is 4.79 Å². The molecule has 0 spiro atoms. The van der Waals surface area contributed by atoms with Crippen LogP contribution in [-0.4, -0.2) is 23.3 Å². The van der Waals surface area contributed by atoms with Gasteiger partial charge in [0, 0.05) is 19.2 Å². The lowest BCUT2D eigenvalue weighted by atomic mass is 10.1. The zero-order valence-electron chi connectivity index (χ0n) is 6.87. The molecule has 0 saturated carbocycles. The van der Waals surface area contributed by atoms with E-state index < -0.39 is 0 Å². The average Bonchev–Trinajstić information content (AvgIpc) is 2.30. The molecule has 3 nitrogen and oxygen atoms in total. The van der Waals surface area contributed by atoms with Crippen molar-refractivity contribution in [1.82, 2.24) is 4.90 Å². The van der Waals surface area contributed by atoms with Crippen molar-refractivity contribution in [2.45, 2.75) is 6.54 Å². The summed E-state index contributed by atoms with van der Waals surface area (Å²) < 4.78 is 0. The van der Waals surface area contributed by atoms with Gasteiger partial charge in [-0.05, 0) is 11.6 Å². The standard InChI is InChI=1S/C9H9NO.H2O/c1-10-6-7-4-2-3-5-8(7)9(10)11;/h2-5H,6H2,1H3;1H2. The predicted molar refractivity (Wildman–Crippen MR) is 45.9 cm³/mol. The summed E-state index contributed by atoms with van der Waals surface area (Å²) in [6.07, 6.45) is 0. The highest BCUT2D eigenvalue weighted by Crippen LogP contribution is 2.19. The highest BCUT2D eigenvalue weighted by Gasteiger charge is 2.22. The summed E-state index contributed by atoms with van der Waals surface area (Å²) in [6, 6.07) is 7.74. The van der Waals surface area contributed by atoms with Crippen LogP contribution < -0.4 is 0 Å². The fourth-order valence-corrected chi connectivity index (χ4v) is 1.40. The Hall–Kier alpha value is -1.35. The van der Waals surface area contributed by atoms with Crippen LogP contribution in [0.2, 0.25) is 0 Å². The van der Waals surface area contributed by atoms with Gasteiger partial charge in [-0.15, -0.1) is 0 Å². The number of fused-ring (bicyclic) bond motifs is 1. The van der Waals surface area contributed by atoms with Gasteiger partial charge in [-0.3, -0.25) is 4.79 Å². The molecule has 12 heavy (non-hydrogen) atoms. The molecule has 1 aromatic carbocycles. The highest BCUT2D eigenvalue weighted by molar-refractivity contribution is 5.98. The fourth-order valence-electron chi connectivity index (χ4n) is 1.40. The summed E-state index contributed by atoms with van der Waals surface area (Å²) in [5, 5.41) is 0. The Morgan fingerprint density at radius 2 is 2.00 bits per heavy atom. The first-order valence-corrected chi connectivity index (χ1v) is 3.62. The molecule has 0 unspecified atom stereocenters. The topological polar surface area (TPSA) is 51.8 Å². The minimum atomic E-state index is 0. The Bertz CT molecular complexity index is 309. The van der Waals surface area contributed by atoms with Gasteiger partial charge < -0.3 is 10.4 Å². The molecule has 1 aliphatic heterocycles. The second kappa shape index (κ2) is 2.95. The molecule has 0 radical (unpaired) electrons. The maximum Gasteiger partial charge on any atom is 0.254 e. The third-order valence-electron chi connectivity index (χ3n) is 2.00. The van der Waals surface area contributed by atoms with E-state index in [4.69, 9.17) is 0 Å². The molecule has 0 aromatic heterocycles. The summed E-state index contributed by atoms with van der Waals surface area (Å²) in [5.41, 5.74) is 2.00. The molecule has 3 heteroatoms. The van der Waals surface area contributed by atoms with E-state index in [1.807, 2.05) is 31.3 Å². The minimum absolute atomic E-state index is 0. The Balaban J connectivity index is 0.000000720. The van der Waals surface area contributed by atoms with Crippen LogP contribution in [0.15, 0.2) is 24.3 Å². The van der Waals surface area contributed by atoms with E-state index >= 15 is 0 Å². The third-order valence-corrected chi connectivity index (χ3v) is 2.00. The lowest BCUT2D eigenvalue weighted by molar-refractivity contribution is 0.0816. The van der Waals surface area contributed by atoms with Crippen LogP contribution in [0.1, 0.15) is 15.9 Å². The molecule has 0 atom stereocenters. The maximum absolute atomic E-state index is 11.3. The van der Waals surface area contributed by atoms with Crippen LogP contribution in [0.4, 0.5) is 0 Å². The monoisotopic (exact) mass is 165 g/mol. The summed E-state index contributed by atoms with van der Waals surface area (Å²) >= 11 is 0. The smallest absolute Gasteiger partial charge is 0.254 e. The van der Waals surface area contributed by atoms with Crippen LogP contribution in [0.3, 0.4) is 0 Å². The van der Waals surface area contributed by atoms with Crippen LogP contribution in [0.25, 0.3) is 0 Å². The normalized spacial score (nSPS) is 14.1. The average molecular weight is 165 g/mol. The molecule has 0 aliphatic carbocycles. The van der Waals surface area contributed by atoms with Gasteiger partial charge >= 0.3 is 0 Å². The molecule has 0 fully saturated rings. The summed E-state index contributed by atoms with van der Waals surface area (Å²) in [6.45, 7) is 0.759. The molecule has 2 rings (SSSR count). The van der Waals surface area contributed by atoms with E-state index in [0.717, 1.165) is 17.7 Å². The number of carbonyl (C=O) groups excluding carboxylic acids is 1. The van der Waals surface area contributed by atoms with Gasteiger partial charge in [0.25, 0.3) is 5.91 Å². The minimum Gasteiger partial charge on any atom is -0.412 e. The van der Waals surface area contributed by atoms with Crippen molar-refractivity contribution in [3.8, 4) is 0 Å². The van der Waals surface area contributed by atoms with E-state index in [1.165, 1.54) is 0 Å². The number of carbonyl (C=O) groups is 1. The maximum atomic E-state index is 11.3. The fraction of sp³-hybridized carbons (Fsp3) is 0.222. The summed E-state index contributed by atoms with van der Waals surface area (Å²) in [7, 11) is 1.82. The number of hydrogen-bond donors (Lipinski definition) is 0. The molecule has 0 bridgehead atoms. The first kappa shape index (κ1) is 8.74. The number of rotatable bonds is 0.